The third-order valence-electron chi connectivity index (χ3n) is 2.21. The summed E-state index contributed by atoms with van der Waals surface area (Å²) in [6, 6.07) is 7.08. The molecule has 5 nitrogen and oxygen atoms in total. The van der Waals surface area contributed by atoms with Gasteiger partial charge < -0.3 is 14.8 Å². The monoisotopic (exact) mass is 277 g/mol. The summed E-state index contributed by atoms with van der Waals surface area (Å²) in [6.45, 7) is 5.59. The maximum Gasteiger partial charge on any atom is 0.331 e. The van der Waals surface area contributed by atoms with E-state index in [9.17, 15) is 9.59 Å². The van der Waals surface area contributed by atoms with Crippen LogP contribution in [0.15, 0.2) is 35.9 Å². The van der Waals surface area contributed by atoms with E-state index in [1.165, 1.54) is 6.08 Å². The molecule has 1 amide bonds. The maximum atomic E-state index is 11.7. The van der Waals surface area contributed by atoms with E-state index in [-0.39, 0.29) is 6.61 Å². The van der Waals surface area contributed by atoms with E-state index in [2.05, 4.69) is 5.32 Å². The zero-order chi connectivity index (χ0) is 15.0. The smallest absolute Gasteiger partial charge is 0.331 e. The first-order valence-corrected chi connectivity index (χ1v) is 6.36. The Hall–Kier alpha value is -2.30. The van der Waals surface area contributed by atoms with Crippen molar-refractivity contribution in [2.24, 2.45) is 0 Å². The molecule has 1 N–H and O–H groups in total. The summed E-state index contributed by atoms with van der Waals surface area (Å²) >= 11 is 0. The van der Waals surface area contributed by atoms with E-state index in [1.54, 1.807) is 32.0 Å². The van der Waals surface area contributed by atoms with Crippen molar-refractivity contribution in [1.29, 1.82) is 0 Å². The third-order valence-corrected chi connectivity index (χ3v) is 2.21. The van der Waals surface area contributed by atoms with Crippen LogP contribution in [0, 0.1) is 0 Å². The molecule has 0 saturated carbocycles. The molecule has 20 heavy (non-hydrogen) atoms. The van der Waals surface area contributed by atoms with Crippen LogP contribution in [0.2, 0.25) is 0 Å². The second-order valence-corrected chi connectivity index (χ2v) is 4.31. The van der Waals surface area contributed by atoms with Gasteiger partial charge in [0.1, 0.15) is 5.75 Å². The van der Waals surface area contributed by atoms with Crippen molar-refractivity contribution in [2.75, 3.05) is 18.5 Å². The van der Waals surface area contributed by atoms with Gasteiger partial charge in [-0.1, -0.05) is 17.7 Å². The summed E-state index contributed by atoms with van der Waals surface area (Å²) in [5, 5.41) is 2.64. The molecule has 0 radical (unpaired) electrons. The minimum atomic E-state index is -0.529. The average Bonchev–Trinajstić information content (AvgIpc) is 2.38. The Morgan fingerprint density at radius 3 is 2.60 bits per heavy atom. The fraction of sp³-hybridized carbons (Fsp3) is 0.333. The van der Waals surface area contributed by atoms with Crippen molar-refractivity contribution >= 4 is 17.6 Å². The molecule has 0 atom stereocenters. The summed E-state index contributed by atoms with van der Waals surface area (Å²) < 4.78 is 10.2. The number of esters is 1. The Balaban J connectivity index is 2.54. The molecule has 0 spiro atoms. The molecule has 1 rings (SSSR count). The van der Waals surface area contributed by atoms with Gasteiger partial charge in [-0.3, -0.25) is 4.79 Å². The van der Waals surface area contributed by atoms with Gasteiger partial charge in [0.25, 0.3) is 5.91 Å². The Morgan fingerprint density at radius 1 is 1.25 bits per heavy atom. The van der Waals surface area contributed by atoms with E-state index < -0.39 is 11.9 Å². The fourth-order valence-electron chi connectivity index (χ4n) is 1.45. The minimum Gasteiger partial charge on any atom is -0.492 e. The van der Waals surface area contributed by atoms with Crippen LogP contribution in [0.4, 0.5) is 5.69 Å². The lowest BCUT2D eigenvalue weighted by Crippen LogP contribution is -2.20. The molecule has 0 aliphatic carbocycles. The third kappa shape index (κ3) is 5.56. The van der Waals surface area contributed by atoms with Crippen LogP contribution in [-0.4, -0.2) is 25.1 Å². The number of hydrogen-bond acceptors (Lipinski definition) is 4. The molecule has 0 aliphatic rings. The van der Waals surface area contributed by atoms with Crippen LogP contribution in [0.3, 0.4) is 0 Å². The number of allylic oxidation sites excluding steroid dienone is 1. The van der Waals surface area contributed by atoms with Gasteiger partial charge in [0.05, 0.1) is 12.3 Å². The van der Waals surface area contributed by atoms with Crippen molar-refractivity contribution in [1.82, 2.24) is 0 Å². The van der Waals surface area contributed by atoms with Crippen molar-refractivity contribution in [3.8, 4) is 5.75 Å². The number of amides is 1. The Kier molecular flexibility index (Phi) is 6.29. The van der Waals surface area contributed by atoms with E-state index in [0.717, 1.165) is 5.57 Å². The molecule has 0 aliphatic heterocycles. The normalized spacial score (nSPS) is 9.55. The zero-order valence-electron chi connectivity index (χ0n) is 11.9. The van der Waals surface area contributed by atoms with Gasteiger partial charge in [-0.05, 0) is 32.9 Å². The first kappa shape index (κ1) is 15.8. The maximum absolute atomic E-state index is 11.7. The molecular weight excluding hydrogens is 258 g/mol. The van der Waals surface area contributed by atoms with Crippen LogP contribution < -0.4 is 10.1 Å². The number of carbonyl (C=O) groups excluding carboxylic acids is 2. The standard InChI is InChI=1S/C15H19NO4/c1-4-19-13-8-6-5-7-12(13)16-14(17)10-20-15(18)9-11(2)3/h5-9H,4,10H2,1-3H3,(H,16,17). The molecule has 0 heterocycles. The van der Waals surface area contributed by atoms with Gasteiger partial charge >= 0.3 is 5.97 Å². The minimum absolute atomic E-state index is 0.330. The predicted octanol–water partition coefficient (Wildman–Crippen LogP) is 2.53. The van der Waals surface area contributed by atoms with Crippen molar-refractivity contribution < 1.29 is 19.1 Å². The number of ether oxygens (including phenoxy) is 2. The lowest BCUT2D eigenvalue weighted by Gasteiger charge is -2.11. The highest BCUT2D eigenvalue weighted by Gasteiger charge is 2.09. The predicted molar refractivity (Wildman–Crippen MR) is 76.6 cm³/mol. The van der Waals surface area contributed by atoms with Gasteiger partial charge in [-0.25, -0.2) is 4.79 Å². The quantitative estimate of drug-likeness (QED) is 0.641. The van der Waals surface area contributed by atoms with E-state index in [4.69, 9.17) is 9.47 Å². The Labute approximate surface area is 118 Å². The van der Waals surface area contributed by atoms with Crippen LogP contribution in [0.5, 0.6) is 5.75 Å². The number of benzene rings is 1. The molecule has 0 unspecified atom stereocenters. The van der Waals surface area contributed by atoms with Crippen LogP contribution in [0.25, 0.3) is 0 Å². The van der Waals surface area contributed by atoms with E-state index in [0.29, 0.717) is 18.0 Å². The molecule has 108 valence electrons. The van der Waals surface area contributed by atoms with Crippen LogP contribution >= 0.6 is 0 Å². The second-order valence-electron chi connectivity index (χ2n) is 4.31. The number of anilines is 1. The highest BCUT2D eigenvalue weighted by Crippen LogP contribution is 2.23. The first-order valence-electron chi connectivity index (χ1n) is 6.36. The summed E-state index contributed by atoms with van der Waals surface area (Å²) in [4.78, 5) is 23.0. The van der Waals surface area contributed by atoms with Crippen molar-refractivity contribution in [2.45, 2.75) is 20.8 Å². The summed E-state index contributed by atoms with van der Waals surface area (Å²) in [5.41, 5.74) is 1.37. The lowest BCUT2D eigenvalue weighted by atomic mass is 10.3. The molecule has 0 fully saturated rings. The molecule has 0 bridgehead atoms. The summed E-state index contributed by atoms with van der Waals surface area (Å²) in [7, 11) is 0. The van der Waals surface area contributed by atoms with Crippen molar-refractivity contribution in [3.63, 3.8) is 0 Å². The number of hydrogen-bond donors (Lipinski definition) is 1. The van der Waals surface area contributed by atoms with Gasteiger partial charge in [0.15, 0.2) is 6.61 Å². The summed E-state index contributed by atoms with van der Waals surface area (Å²) in [5.74, 6) is -0.357. The largest absolute Gasteiger partial charge is 0.492 e. The second kappa shape index (κ2) is 7.99. The van der Waals surface area contributed by atoms with Gasteiger partial charge in [-0.15, -0.1) is 0 Å². The van der Waals surface area contributed by atoms with Crippen LogP contribution in [0.1, 0.15) is 20.8 Å². The summed E-state index contributed by atoms with van der Waals surface area (Å²) in [6.07, 6.45) is 1.33. The topological polar surface area (TPSA) is 64.6 Å². The van der Waals surface area contributed by atoms with E-state index >= 15 is 0 Å². The Morgan fingerprint density at radius 2 is 1.95 bits per heavy atom. The highest BCUT2D eigenvalue weighted by molar-refractivity contribution is 5.95. The number of nitrogens with one attached hydrogen (secondary N) is 1. The number of para-hydroxylation sites is 2. The molecule has 0 saturated heterocycles. The lowest BCUT2D eigenvalue weighted by molar-refractivity contribution is -0.142. The number of carbonyl (C=O) groups is 2. The molecule has 1 aromatic carbocycles. The van der Waals surface area contributed by atoms with Crippen molar-refractivity contribution in [3.05, 3.63) is 35.9 Å². The SMILES string of the molecule is CCOc1ccccc1NC(=O)COC(=O)C=C(C)C. The Bertz CT molecular complexity index is 504. The highest BCUT2D eigenvalue weighted by atomic mass is 16.5. The molecular formula is C15H19NO4. The van der Waals surface area contributed by atoms with Crippen LogP contribution in [-0.2, 0) is 14.3 Å². The zero-order valence-corrected chi connectivity index (χ0v) is 11.9. The fourth-order valence-corrected chi connectivity index (χ4v) is 1.45. The molecule has 1 aromatic rings. The van der Waals surface area contributed by atoms with Gasteiger partial charge in [0, 0.05) is 6.08 Å². The van der Waals surface area contributed by atoms with Gasteiger partial charge in [-0.2, -0.15) is 0 Å². The average molecular weight is 277 g/mol. The number of rotatable bonds is 6. The molecule has 5 heteroatoms. The molecule has 0 aromatic heterocycles. The first-order chi connectivity index (χ1) is 9.52. The van der Waals surface area contributed by atoms with Gasteiger partial charge in [0.2, 0.25) is 0 Å². The van der Waals surface area contributed by atoms with E-state index in [1.807, 2.05) is 13.0 Å².